The number of aromatic nitrogens is 2. The number of halogens is 3. The van der Waals surface area contributed by atoms with Crippen LogP contribution in [-0.4, -0.2) is 33.6 Å². The van der Waals surface area contributed by atoms with Gasteiger partial charge in [0.15, 0.2) is 0 Å². The first-order valence-corrected chi connectivity index (χ1v) is 10.0. The number of hydrogen-bond acceptors (Lipinski definition) is 5. The topological polar surface area (TPSA) is 72.0 Å². The number of alkyl halides is 3. The van der Waals surface area contributed by atoms with E-state index in [4.69, 9.17) is 0 Å². The number of rotatable bonds is 8. The molecule has 2 heterocycles. The Hall–Kier alpha value is -2.42. The molecule has 0 aromatic carbocycles. The first kappa shape index (κ1) is 22.9. The molecule has 1 atom stereocenters. The van der Waals surface area contributed by atoms with Gasteiger partial charge < -0.3 is 5.32 Å². The standard InChI is InChI=1S/C20H22F3N3O2S/c1-4-17(27)9-16-8-15(7-12(2)25-16)19(28)26-13(3)14-5-6-18(24-10-14)29-11-20(21,22)23/h5-8,10,13H,4,9,11H2,1-3H3,(H,26,28). The minimum atomic E-state index is -4.25. The van der Waals surface area contributed by atoms with Gasteiger partial charge in [-0.2, -0.15) is 13.2 Å². The average molecular weight is 425 g/mol. The Labute approximate surface area is 171 Å². The SMILES string of the molecule is CCC(=O)Cc1cc(C(=O)NC(C)c2ccc(SCC(F)(F)F)nc2)cc(C)n1. The molecule has 0 saturated heterocycles. The van der Waals surface area contributed by atoms with Crippen molar-refractivity contribution in [3.05, 3.63) is 53.0 Å². The van der Waals surface area contributed by atoms with Crippen molar-refractivity contribution in [3.8, 4) is 0 Å². The molecule has 0 saturated carbocycles. The van der Waals surface area contributed by atoms with Crippen molar-refractivity contribution in [3.63, 3.8) is 0 Å². The first-order chi connectivity index (χ1) is 13.6. The van der Waals surface area contributed by atoms with Gasteiger partial charge in [-0.05, 0) is 37.6 Å². The third-order valence-electron chi connectivity index (χ3n) is 4.03. The monoisotopic (exact) mass is 425 g/mol. The second kappa shape index (κ2) is 9.87. The summed E-state index contributed by atoms with van der Waals surface area (Å²) in [4.78, 5) is 32.6. The van der Waals surface area contributed by atoms with Crippen LogP contribution in [0.5, 0.6) is 0 Å². The number of thioether (sulfide) groups is 1. The summed E-state index contributed by atoms with van der Waals surface area (Å²) >= 11 is 0.610. The van der Waals surface area contributed by atoms with Gasteiger partial charge in [0.25, 0.3) is 5.91 Å². The number of pyridine rings is 2. The molecule has 9 heteroatoms. The van der Waals surface area contributed by atoms with Crippen molar-refractivity contribution in [1.29, 1.82) is 0 Å². The van der Waals surface area contributed by atoms with E-state index in [9.17, 15) is 22.8 Å². The van der Waals surface area contributed by atoms with E-state index in [2.05, 4.69) is 15.3 Å². The number of aryl methyl sites for hydroxylation is 1. The van der Waals surface area contributed by atoms with Crippen LogP contribution in [0.1, 0.15) is 53.6 Å². The fourth-order valence-electron chi connectivity index (χ4n) is 2.54. The maximum Gasteiger partial charge on any atom is 0.398 e. The van der Waals surface area contributed by atoms with Crippen LogP contribution in [0.25, 0.3) is 0 Å². The minimum absolute atomic E-state index is 0.0392. The maximum atomic E-state index is 12.6. The summed E-state index contributed by atoms with van der Waals surface area (Å²) in [5.41, 5.74) is 2.25. The first-order valence-electron chi connectivity index (χ1n) is 9.03. The summed E-state index contributed by atoms with van der Waals surface area (Å²) < 4.78 is 36.8. The van der Waals surface area contributed by atoms with Gasteiger partial charge in [0.1, 0.15) is 5.78 Å². The molecule has 0 aliphatic heterocycles. The zero-order chi connectivity index (χ0) is 21.6. The predicted molar refractivity (Wildman–Crippen MR) is 105 cm³/mol. The van der Waals surface area contributed by atoms with E-state index in [0.717, 1.165) is 0 Å². The number of nitrogens with one attached hydrogen (secondary N) is 1. The number of carbonyl (C=O) groups excluding carboxylic acids is 2. The fraction of sp³-hybridized carbons (Fsp3) is 0.400. The highest BCUT2D eigenvalue weighted by Gasteiger charge is 2.27. The molecule has 0 radical (unpaired) electrons. The molecule has 156 valence electrons. The molecule has 0 bridgehead atoms. The Morgan fingerprint density at radius 3 is 2.55 bits per heavy atom. The second-order valence-electron chi connectivity index (χ2n) is 6.59. The van der Waals surface area contributed by atoms with E-state index in [1.54, 1.807) is 39.0 Å². The number of ketones is 1. The van der Waals surface area contributed by atoms with Crippen molar-refractivity contribution in [1.82, 2.24) is 15.3 Å². The highest BCUT2D eigenvalue weighted by atomic mass is 32.2. The van der Waals surface area contributed by atoms with E-state index in [1.807, 2.05) is 0 Å². The molecular weight excluding hydrogens is 403 g/mol. The highest BCUT2D eigenvalue weighted by Crippen LogP contribution is 2.26. The van der Waals surface area contributed by atoms with Crippen molar-refractivity contribution < 1.29 is 22.8 Å². The molecule has 29 heavy (non-hydrogen) atoms. The van der Waals surface area contributed by atoms with E-state index >= 15 is 0 Å². The largest absolute Gasteiger partial charge is 0.398 e. The average Bonchev–Trinajstić information content (AvgIpc) is 2.65. The zero-order valence-corrected chi connectivity index (χ0v) is 17.2. The molecule has 5 nitrogen and oxygen atoms in total. The maximum absolute atomic E-state index is 12.6. The van der Waals surface area contributed by atoms with Crippen molar-refractivity contribution in [2.24, 2.45) is 0 Å². The smallest absolute Gasteiger partial charge is 0.345 e. The molecule has 1 N–H and O–H groups in total. The fourth-order valence-corrected chi connectivity index (χ4v) is 3.14. The molecule has 2 rings (SSSR count). The van der Waals surface area contributed by atoms with E-state index < -0.39 is 18.0 Å². The van der Waals surface area contributed by atoms with Crippen LogP contribution in [0.3, 0.4) is 0 Å². The quantitative estimate of drug-likeness (QED) is 0.633. The molecule has 1 amide bonds. The Morgan fingerprint density at radius 1 is 1.24 bits per heavy atom. The number of hydrogen-bond donors (Lipinski definition) is 1. The lowest BCUT2D eigenvalue weighted by Crippen LogP contribution is -2.27. The van der Waals surface area contributed by atoms with Crippen LogP contribution in [0.2, 0.25) is 0 Å². The molecule has 2 aromatic rings. The summed E-state index contributed by atoms with van der Waals surface area (Å²) in [7, 11) is 0. The summed E-state index contributed by atoms with van der Waals surface area (Å²) in [5, 5.41) is 3.10. The van der Waals surface area contributed by atoms with Crippen LogP contribution in [0.4, 0.5) is 13.2 Å². The summed E-state index contributed by atoms with van der Waals surface area (Å²) in [6.45, 7) is 5.28. The second-order valence-corrected chi connectivity index (χ2v) is 7.58. The van der Waals surface area contributed by atoms with Crippen LogP contribution >= 0.6 is 11.8 Å². The van der Waals surface area contributed by atoms with Crippen LogP contribution < -0.4 is 5.32 Å². The Balaban J connectivity index is 2.04. The van der Waals surface area contributed by atoms with Crippen LogP contribution in [0.15, 0.2) is 35.5 Å². The number of nitrogens with zero attached hydrogens (tertiary/aromatic N) is 2. The summed E-state index contributed by atoms with van der Waals surface area (Å²) in [6, 6.07) is 5.97. The van der Waals surface area contributed by atoms with Crippen LogP contribution in [0, 0.1) is 6.92 Å². The highest BCUT2D eigenvalue weighted by molar-refractivity contribution is 7.99. The van der Waals surface area contributed by atoms with Gasteiger partial charge in [0.2, 0.25) is 0 Å². The van der Waals surface area contributed by atoms with Crippen molar-refractivity contribution in [2.45, 2.75) is 50.9 Å². The summed E-state index contributed by atoms with van der Waals surface area (Å²) in [5.74, 6) is -1.29. The van der Waals surface area contributed by atoms with Gasteiger partial charge in [-0.25, -0.2) is 4.98 Å². The lowest BCUT2D eigenvalue weighted by atomic mass is 10.1. The van der Waals surface area contributed by atoms with E-state index in [1.165, 1.54) is 12.3 Å². The van der Waals surface area contributed by atoms with Gasteiger partial charge in [-0.3, -0.25) is 14.6 Å². The van der Waals surface area contributed by atoms with Gasteiger partial charge >= 0.3 is 6.18 Å². The molecule has 0 aliphatic carbocycles. The number of amides is 1. The van der Waals surface area contributed by atoms with E-state index in [-0.39, 0.29) is 23.1 Å². The van der Waals surface area contributed by atoms with Crippen molar-refractivity contribution in [2.75, 3.05) is 5.75 Å². The zero-order valence-electron chi connectivity index (χ0n) is 16.3. The molecule has 0 spiro atoms. The Bertz CT molecular complexity index is 870. The third kappa shape index (κ3) is 7.49. The number of Topliss-reactive ketones (excluding diaryl/α,β-unsaturated/α-hetero) is 1. The minimum Gasteiger partial charge on any atom is -0.345 e. The molecule has 1 unspecified atom stereocenters. The lowest BCUT2D eigenvalue weighted by molar-refractivity contribution is -0.118. The summed E-state index contributed by atoms with van der Waals surface area (Å²) in [6.07, 6.45) is -2.23. The molecule has 0 aliphatic rings. The molecule has 2 aromatic heterocycles. The van der Waals surface area contributed by atoms with E-state index in [0.29, 0.717) is 40.7 Å². The third-order valence-corrected chi connectivity index (χ3v) is 5.04. The Kier molecular flexibility index (Phi) is 7.78. The molecular formula is C20H22F3N3O2S. The number of carbonyl (C=O) groups is 2. The lowest BCUT2D eigenvalue weighted by Gasteiger charge is -2.15. The Morgan fingerprint density at radius 2 is 1.97 bits per heavy atom. The van der Waals surface area contributed by atoms with Crippen molar-refractivity contribution >= 4 is 23.5 Å². The normalized spacial score (nSPS) is 12.5. The van der Waals surface area contributed by atoms with Gasteiger partial charge in [-0.15, -0.1) is 0 Å². The van der Waals surface area contributed by atoms with Gasteiger partial charge in [-0.1, -0.05) is 24.8 Å². The predicted octanol–water partition coefficient (Wildman–Crippen LogP) is 4.45. The van der Waals surface area contributed by atoms with Gasteiger partial charge in [0.05, 0.1) is 16.8 Å². The van der Waals surface area contributed by atoms with Gasteiger partial charge in [0, 0.05) is 36.0 Å². The van der Waals surface area contributed by atoms with Crippen LogP contribution in [-0.2, 0) is 11.2 Å². The molecule has 0 fully saturated rings.